The van der Waals surface area contributed by atoms with Gasteiger partial charge in [-0.2, -0.15) is 0 Å². The Kier molecular flexibility index (Phi) is 15.7. The van der Waals surface area contributed by atoms with E-state index in [1.165, 1.54) is 0 Å². The molecule has 0 aromatic carbocycles. The van der Waals surface area contributed by atoms with Gasteiger partial charge in [0.1, 0.15) is 18.1 Å². The molecular weight excluding hydrogens is 560 g/mol. The topological polar surface area (TPSA) is 342 Å². The lowest BCUT2D eigenvalue weighted by molar-refractivity contribution is -0.144. The van der Waals surface area contributed by atoms with Crippen LogP contribution in [0.5, 0.6) is 0 Å². The molecule has 3 atom stereocenters. The van der Waals surface area contributed by atoms with Gasteiger partial charge in [0.15, 0.2) is 0 Å². The number of aliphatic carboxylic acids is 3. The van der Waals surface area contributed by atoms with Gasteiger partial charge in [-0.3, -0.25) is 53.4 Å². The maximum Gasteiger partial charge on any atom is 0.305 e. The van der Waals surface area contributed by atoms with Crippen molar-refractivity contribution in [3.05, 3.63) is 0 Å². The van der Waals surface area contributed by atoms with Crippen LogP contribution in [0.4, 0.5) is 0 Å². The molecule has 21 nitrogen and oxygen atoms in total. The van der Waals surface area contributed by atoms with Crippen LogP contribution < -0.4 is 43.2 Å². The summed E-state index contributed by atoms with van der Waals surface area (Å²) < 4.78 is 0. The Labute approximate surface area is 230 Å². The molecule has 7 amide bonds. The van der Waals surface area contributed by atoms with E-state index in [1.807, 2.05) is 21.4 Å². The van der Waals surface area contributed by atoms with E-state index in [0.29, 0.717) is 0 Å². The molecule has 0 spiro atoms. The Bertz CT molecular complexity index is 1060. The van der Waals surface area contributed by atoms with Crippen molar-refractivity contribution in [3.63, 3.8) is 0 Å². The van der Waals surface area contributed by atoms with Gasteiger partial charge in [0.25, 0.3) is 0 Å². The molecule has 0 fully saturated rings. The fourth-order valence-corrected chi connectivity index (χ4v) is 2.67. The molecule has 0 aromatic heterocycles. The zero-order valence-corrected chi connectivity index (χ0v) is 21.5. The number of amides is 7. The van der Waals surface area contributed by atoms with Gasteiger partial charge in [0.2, 0.25) is 41.4 Å². The van der Waals surface area contributed by atoms with E-state index < -0.39 is 116 Å². The third-order valence-corrected chi connectivity index (χ3v) is 4.47. The molecule has 0 aliphatic carbocycles. The van der Waals surface area contributed by atoms with E-state index in [1.54, 1.807) is 0 Å². The highest BCUT2D eigenvalue weighted by molar-refractivity contribution is 5.97. The van der Waals surface area contributed by atoms with Crippen LogP contribution in [0.1, 0.15) is 26.2 Å². The average Bonchev–Trinajstić information content (AvgIpc) is 2.85. The number of nitrogens with two attached hydrogens (primary N) is 1. The van der Waals surface area contributed by atoms with Gasteiger partial charge < -0.3 is 47.6 Å². The van der Waals surface area contributed by atoms with Crippen LogP contribution in [0.25, 0.3) is 0 Å². The highest BCUT2D eigenvalue weighted by Crippen LogP contribution is 2.01. The number of hydrogen-bond acceptors (Lipinski definition) is 11. The van der Waals surface area contributed by atoms with Gasteiger partial charge in [0, 0.05) is 6.92 Å². The minimum absolute atomic E-state index is 0.489. The second-order valence-electron chi connectivity index (χ2n) is 8.03. The first kappa shape index (κ1) is 35.7. The number of nitrogens with one attached hydrogen (secondary N) is 7. The normalized spacial score (nSPS) is 12.3. The molecule has 0 bridgehead atoms. The fraction of sp³-hybridized carbons (Fsp3) is 0.500. The van der Waals surface area contributed by atoms with Gasteiger partial charge in [-0.25, -0.2) is 5.43 Å². The first-order chi connectivity index (χ1) is 19.0. The molecule has 0 rings (SSSR count). The molecule has 21 heteroatoms. The quantitative estimate of drug-likeness (QED) is 0.0623. The summed E-state index contributed by atoms with van der Waals surface area (Å²) >= 11 is 0. The highest BCUT2D eigenvalue weighted by atomic mass is 16.4. The second-order valence-corrected chi connectivity index (χ2v) is 8.03. The monoisotopic (exact) mass is 590 g/mol. The number of carbonyl (C=O) groups is 10. The van der Waals surface area contributed by atoms with Crippen molar-refractivity contribution in [2.75, 3.05) is 19.6 Å². The molecule has 12 N–H and O–H groups in total. The molecule has 0 saturated carbocycles. The zero-order valence-electron chi connectivity index (χ0n) is 21.5. The SMILES string of the molecule is CC(=O)NNC(CC(=O)O)C(=O)N[C@@H](CC(=O)O)C(=O)NC(CC(=O)O)C(=O)NCC(=O)NCC(=O)NCC(N)=O. The van der Waals surface area contributed by atoms with Crippen molar-refractivity contribution < 1.29 is 63.3 Å². The number of carbonyl (C=O) groups excluding carboxylic acids is 7. The Morgan fingerprint density at radius 3 is 1.41 bits per heavy atom. The fourth-order valence-electron chi connectivity index (χ4n) is 2.67. The molecular formula is C20H30N8O13. The third-order valence-electron chi connectivity index (χ3n) is 4.47. The molecule has 41 heavy (non-hydrogen) atoms. The summed E-state index contributed by atoms with van der Waals surface area (Å²) in [6, 6.07) is -5.50. The van der Waals surface area contributed by atoms with Crippen LogP contribution >= 0.6 is 0 Å². The summed E-state index contributed by atoms with van der Waals surface area (Å²) in [6.07, 6.45) is -3.04. The van der Waals surface area contributed by atoms with Gasteiger partial charge >= 0.3 is 17.9 Å². The molecule has 0 aliphatic rings. The summed E-state index contributed by atoms with van der Waals surface area (Å²) in [5.41, 5.74) is 8.91. The Balaban J connectivity index is 5.39. The summed E-state index contributed by atoms with van der Waals surface area (Å²) in [5, 5.41) is 37.2. The largest absolute Gasteiger partial charge is 0.481 e. The van der Waals surface area contributed by atoms with Crippen LogP contribution in [-0.2, 0) is 47.9 Å². The van der Waals surface area contributed by atoms with Crippen molar-refractivity contribution in [3.8, 4) is 0 Å². The van der Waals surface area contributed by atoms with E-state index in [0.717, 1.165) is 6.92 Å². The maximum atomic E-state index is 12.7. The van der Waals surface area contributed by atoms with E-state index in [-0.39, 0.29) is 0 Å². The first-order valence-corrected chi connectivity index (χ1v) is 11.4. The predicted octanol–water partition coefficient (Wildman–Crippen LogP) is -6.78. The minimum Gasteiger partial charge on any atom is -0.481 e. The Morgan fingerprint density at radius 2 is 0.976 bits per heavy atom. The number of carboxylic acid groups (broad SMARTS) is 3. The summed E-state index contributed by atoms with van der Waals surface area (Å²) in [6.45, 7) is -0.857. The number of hydrazine groups is 1. The zero-order chi connectivity index (χ0) is 31.7. The lowest BCUT2D eigenvalue weighted by atomic mass is 10.1. The molecule has 2 unspecified atom stereocenters. The van der Waals surface area contributed by atoms with Crippen molar-refractivity contribution in [1.82, 2.24) is 37.4 Å². The van der Waals surface area contributed by atoms with E-state index in [9.17, 15) is 47.9 Å². The summed E-state index contributed by atoms with van der Waals surface area (Å²) in [4.78, 5) is 116. The first-order valence-electron chi connectivity index (χ1n) is 11.4. The molecule has 0 saturated heterocycles. The average molecular weight is 591 g/mol. The van der Waals surface area contributed by atoms with Crippen molar-refractivity contribution in [2.24, 2.45) is 5.73 Å². The van der Waals surface area contributed by atoms with Gasteiger partial charge in [-0.05, 0) is 0 Å². The third kappa shape index (κ3) is 17.0. The van der Waals surface area contributed by atoms with E-state index in [4.69, 9.17) is 21.1 Å². The lowest BCUT2D eigenvalue weighted by Gasteiger charge is -2.23. The number of carboxylic acids is 3. The predicted molar refractivity (Wildman–Crippen MR) is 130 cm³/mol. The molecule has 0 aliphatic heterocycles. The molecule has 228 valence electrons. The summed E-state index contributed by atoms with van der Waals surface area (Å²) in [7, 11) is 0. The van der Waals surface area contributed by atoms with Gasteiger partial charge in [-0.1, -0.05) is 0 Å². The van der Waals surface area contributed by atoms with Gasteiger partial charge in [-0.15, -0.1) is 0 Å². The number of rotatable bonds is 19. The van der Waals surface area contributed by atoms with E-state index >= 15 is 0 Å². The molecule has 0 heterocycles. The van der Waals surface area contributed by atoms with Gasteiger partial charge in [0.05, 0.1) is 38.9 Å². The Hall–Kier alpha value is -5.34. The van der Waals surface area contributed by atoms with E-state index in [2.05, 4.69) is 16.1 Å². The standard InChI is InChI=1S/C20H30N8O13/c1-8(29)27-28-11(4-17(37)38)20(41)26-10(3-16(35)36)19(40)25-9(2-15(33)34)18(39)24-7-14(32)23-6-13(31)22-5-12(21)30/h9-11,28H,2-7H2,1H3,(H2,21,30)(H,22,31)(H,23,32)(H,24,39)(H,25,40)(H,26,41)(H,27,29)(H,33,34)(H,35,36)(H,37,38)/t9?,10-,11?/m0/s1. The van der Waals surface area contributed by atoms with Crippen molar-refractivity contribution in [2.45, 2.75) is 44.3 Å². The minimum atomic E-state index is -1.94. The van der Waals surface area contributed by atoms with Crippen LogP contribution in [0.15, 0.2) is 0 Å². The number of primary amides is 1. The molecule has 0 aromatic rings. The van der Waals surface area contributed by atoms with Crippen LogP contribution in [0.3, 0.4) is 0 Å². The second kappa shape index (κ2) is 18.0. The molecule has 0 radical (unpaired) electrons. The lowest BCUT2D eigenvalue weighted by Crippen LogP contribution is -2.59. The highest BCUT2D eigenvalue weighted by Gasteiger charge is 2.32. The van der Waals surface area contributed by atoms with Crippen LogP contribution in [-0.4, -0.2) is 112 Å². The van der Waals surface area contributed by atoms with Crippen molar-refractivity contribution in [1.29, 1.82) is 0 Å². The Morgan fingerprint density at radius 1 is 0.585 bits per heavy atom. The van der Waals surface area contributed by atoms with Crippen molar-refractivity contribution >= 4 is 59.3 Å². The number of hydrogen-bond donors (Lipinski definition) is 11. The van der Waals surface area contributed by atoms with Crippen LogP contribution in [0.2, 0.25) is 0 Å². The maximum absolute atomic E-state index is 12.7. The summed E-state index contributed by atoms with van der Waals surface area (Å²) in [5.74, 6) is -11.8. The van der Waals surface area contributed by atoms with Crippen LogP contribution in [0, 0.1) is 0 Å². The smallest absolute Gasteiger partial charge is 0.305 e.